The van der Waals surface area contributed by atoms with Crippen LogP contribution in [-0.2, 0) is 6.54 Å². The second-order valence-corrected chi connectivity index (χ2v) is 6.83. The predicted molar refractivity (Wildman–Crippen MR) is 110 cm³/mol. The van der Waals surface area contributed by atoms with Crippen molar-refractivity contribution in [3.05, 3.63) is 86.1 Å². The van der Waals surface area contributed by atoms with E-state index in [0.717, 1.165) is 15.6 Å². The van der Waals surface area contributed by atoms with E-state index in [1.807, 2.05) is 24.3 Å². The Morgan fingerprint density at radius 2 is 1.97 bits per heavy atom. The SMILES string of the molecule is COc1ccc(/C=N\NC(=O)c2nn(Cc3ccc(Br)cc3)cc2[N+](=O)[O-])cc1. The Morgan fingerprint density at radius 1 is 1.28 bits per heavy atom. The van der Waals surface area contributed by atoms with Crippen molar-refractivity contribution in [2.75, 3.05) is 7.11 Å². The number of carbonyl (C=O) groups is 1. The molecule has 3 rings (SSSR count). The molecule has 0 saturated heterocycles. The number of amides is 1. The van der Waals surface area contributed by atoms with Crippen LogP contribution >= 0.6 is 15.9 Å². The van der Waals surface area contributed by atoms with Gasteiger partial charge >= 0.3 is 5.69 Å². The Hall–Kier alpha value is -3.53. The molecule has 10 heteroatoms. The van der Waals surface area contributed by atoms with E-state index >= 15 is 0 Å². The van der Waals surface area contributed by atoms with Gasteiger partial charge in [0.05, 0.1) is 24.8 Å². The topological polar surface area (TPSA) is 112 Å². The molecule has 0 radical (unpaired) electrons. The van der Waals surface area contributed by atoms with Crippen molar-refractivity contribution in [1.29, 1.82) is 0 Å². The number of benzene rings is 2. The van der Waals surface area contributed by atoms with Crippen LogP contribution in [0, 0.1) is 10.1 Å². The van der Waals surface area contributed by atoms with Crippen LogP contribution in [0.15, 0.2) is 64.3 Å². The first-order chi connectivity index (χ1) is 14.0. The summed E-state index contributed by atoms with van der Waals surface area (Å²) in [4.78, 5) is 23.0. The molecule has 9 nitrogen and oxygen atoms in total. The highest BCUT2D eigenvalue weighted by molar-refractivity contribution is 9.10. The third kappa shape index (κ3) is 5.26. The lowest BCUT2D eigenvalue weighted by atomic mass is 10.2. The van der Waals surface area contributed by atoms with Crippen molar-refractivity contribution in [2.24, 2.45) is 5.10 Å². The molecule has 3 aromatic rings. The van der Waals surface area contributed by atoms with Gasteiger partial charge in [-0.3, -0.25) is 19.6 Å². The van der Waals surface area contributed by atoms with Crippen molar-refractivity contribution >= 4 is 33.7 Å². The number of rotatable bonds is 7. The van der Waals surface area contributed by atoms with E-state index in [2.05, 4.69) is 31.6 Å². The fourth-order valence-electron chi connectivity index (χ4n) is 2.47. The first-order valence-electron chi connectivity index (χ1n) is 8.40. The van der Waals surface area contributed by atoms with E-state index in [4.69, 9.17) is 4.74 Å². The number of hydrogen-bond donors (Lipinski definition) is 1. The van der Waals surface area contributed by atoms with Crippen LogP contribution in [0.2, 0.25) is 0 Å². The number of ether oxygens (including phenoxy) is 1. The zero-order valence-corrected chi connectivity index (χ0v) is 16.9. The van der Waals surface area contributed by atoms with Crippen LogP contribution in [-0.4, -0.2) is 33.9 Å². The standard InChI is InChI=1S/C19H16BrN5O4/c1-29-16-8-4-13(5-9-16)10-21-22-19(26)18-17(25(27)28)12-24(23-18)11-14-2-6-15(20)7-3-14/h2-10,12H,11H2,1H3,(H,22,26)/b21-10-. The summed E-state index contributed by atoms with van der Waals surface area (Å²) in [6.45, 7) is 0.288. The molecule has 0 aliphatic carbocycles. The third-order valence-corrected chi connectivity index (χ3v) is 4.44. The molecule has 1 heterocycles. The Kier molecular flexibility index (Phi) is 6.35. The summed E-state index contributed by atoms with van der Waals surface area (Å²) < 4.78 is 7.33. The molecular formula is C19H16BrN5O4. The molecule has 0 fully saturated rings. The lowest BCUT2D eigenvalue weighted by Crippen LogP contribution is -2.19. The summed E-state index contributed by atoms with van der Waals surface area (Å²) in [6, 6.07) is 14.4. The van der Waals surface area contributed by atoms with Gasteiger partial charge in [0.25, 0.3) is 5.91 Å². The zero-order valence-electron chi connectivity index (χ0n) is 15.3. The van der Waals surface area contributed by atoms with E-state index < -0.39 is 10.8 Å². The number of nitro groups is 1. The molecule has 0 unspecified atom stereocenters. The van der Waals surface area contributed by atoms with Crippen LogP contribution in [0.3, 0.4) is 0 Å². The van der Waals surface area contributed by atoms with E-state index in [0.29, 0.717) is 5.75 Å². The van der Waals surface area contributed by atoms with Crippen LogP contribution in [0.4, 0.5) is 5.69 Å². The Balaban J connectivity index is 1.72. The van der Waals surface area contributed by atoms with Gasteiger partial charge in [-0.15, -0.1) is 0 Å². The fourth-order valence-corrected chi connectivity index (χ4v) is 2.74. The summed E-state index contributed by atoms with van der Waals surface area (Å²) in [5.74, 6) is -0.0749. The second-order valence-electron chi connectivity index (χ2n) is 5.92. The number of hydrazone groups is 1. The molecule has 29 heavy (non-hydrogen) atoms. The van der Waals surface area contributed by atoms with Gasteiger partial charge in [-0.25, -0.2) is 5.43 Å². The normalized spacial score (nSPS) is 10.8. The second kappa shape index (κ2) is 9.11. The average molecular weight is 458 g/mol. The molecule has 0 aliphatic rings. The summed E-state index contributed by atoms with van der Waals surface area (Å²) in [7, 11) is 1.56. The van der Waals surface area contributed by atoms with Crippen LogP contribution in [0.5, 0.6) is 5.75 Å². The maximum atomic E-state index is 12.3. The number of methoxy groups -OCH3 is 1. The number of halogens is 1. The minimum atomic E-state index is -0.768. The van der Waals surface area contributed by atoms with Crippen LogP contribution in [0.1, 0.15) is 21.6 Å². The molecule has 0 bridgehead atoms. The summed E-state index contributed by atoms with van der Waals surface area (Å²) in [5.41, 5.74) is 3.18. The van der Waals surface area contributed by atoms with Crippen LogP contribution < -0.4 is 10.2 Å². The van der Waals surface area contributed by atoms with E-state index in [1.165, 1.54) is 17.1 Å². The number of aromatic nitrogens is 2. The number of nitrogens with zero attached hydrogens (tertiary/aromatic N) is 4. The molecule has 0 aliphatic heterocycles. The maximum Gasteiger partial charge on any atom is 0.320 e. The lowest BCUT2D eigenvalue weighted by molar-refractivity contribution is -0.385. The summed E-state index contributed by atoms with van der Waals surface area (Å²) in [6.07, 6.45) is 2.64. The molecule has 1 amide bonds. The van der Waals surface area contributed by atoms with Gasteiger partial charge in [-0.05, 0) is 47.5 Å². The molecule has 1 N–H and O–H groups in total. The quantitative estimate of drug-likeness (QED) is 0.332. The van der Waals surface area contributed by atoms with Crippen molar-refractivity contribution in [3.63, 3.8) is 0 Å². The van der Waals surface area contributed by atoms with Crippen molar-refractivity contribution < 1.29 is 14.5 Å². The van der Waals surface area contributed by atoms with Crippen molar-refractivity contribution in [3.8, 4) is 5.75 Å². The van der Waals surface area contributed by atoms with Gasteiger partial charge in [0, 0.05) is 4.47 Å². The number of nitrogens with one attached hydrogen (secondary N) is 1. The minimum absolute atomic E-state index is 0.288. The van der Waals surface area contributed by atoms with E-state index in [1.54, 1.807) is 31.4 Å². The van der Waals surface area contributed by atoms with E-state index in [-0.39, 0.29) is 17.9 Å². The summed E-state index contributed by atoms with van der Waals surface area (Å²) >= 11 is 3.35. The Bertz CT molecular complexity index is 1050. The van der Waals surface area contributed by atoms with Gasteiger partial charge in [0.2, 0.25) is 5.69 Å². The predicted octanol–water partition coefficient (Wildman–Crippen LogP) is 3.37. The number of carbonyl (C=O) groups excluding carboxylic acids is 1. The zero-order chi connectivity index (χ0) is 20.8. The monoisotopic (exact) mass is 457 g/mol. The molecular weight excluding hydrogens is 442 g/mol. The lowest BCUT2D eigenvalue weighted by Gasteiger charge is -2.01. The van der Waals surface area contributed by atoms with E-state index in [9.17, 15) is 14.9 Å². The average Bonchev–Trinajstić information content (AvgIpc) is 3.14. The maximum absolute atomic E-state index is 12.3. The van der Waals surface area contributed by atoms with Gasteiger partial charge < -0.3 is 4.74 Å². The molecule has 0 spiro atoms. The van der Waals surface area contributed by atoms with Gasteiger partial charge in [0.1, 0.15) is 11.9 Å². The smallest absolute Gasteiger partial charge is 0.320 e. The van der Waals surface area contributed by atoms with Gasteiger partial charge in [-0.2, -0.15) is 10.2 Å². The highest BCUT2D eigenvalue weighted by atomic mass is 79.9. The molecule has 148 valence electrons. The fraction of sp³-hybridized carbons (Fsp3) is 0.105. The molecule has 1 aromatic heterocycles. The molecule has 0 saturated carbocycles. The van der Waals surface area contributed by atoms with Crippen molar-refractivity contribution in [1.82, 2.24) is 15.2 Å². The molecule has 2 aromatic carbocycles. The van der Waals surface area contributed by atoms with Gasteiger partial charge in [0.15, 0.2) is 0 Å². The highest BCUT2D eigenvalue weighted by Crippen LogP contribution is 2.18. The highest BCUT2D eigenvalue weighted by Gasteiger charge is 2.25. The van der Waals surface area contributed by atoms with Crippen molar-refractivity contribution in [2.45, 2.75) is 6.54 Å². The minimum Gasteiger partial charge on any atom is -0.497 e. The first-order valence-corrected chi connectivity index (χ1v) is 9.19. The Morgan fingerprint density at radius 3 is 2.59 bits per heavy atom. The van der Waals surface area contributed by atoms with Gasteiger partial charge in [-0.1, -0.05) is 28.1 Å². The molecule has 0 atom stereocenters. The van der Waals surface area contributed by atoms with Crippen LogP contribution in [0.25, 0.3) is 0 Å². The first kappa shape index (κ1) is 20.2. The third-order valence-electron chi connectivity index (χ3n) is 3.91. The largest absolute Gasteiger partial charge is 0.497 e. The Labute approximate surface area is 174 Å². The number of hydrogen-bond acceptors (Lipinski definition) is 6. The summed E-state index contributed by atoms with van der Waals surface area (Å²) in [5, 5.41) is 19.2.